The van der Waals surface area contributed by atoms with Gasteiger partial charge in [0.1, 0.15) is 0 Å². The molecule has 0 saturated carbocycles. The quantitative estimate of drug-likeness (QED) is 0.786. The summed E-state index contributed by atoms with van der Waals surface area (Å²) in [6, 6.07) is 3.83. The van der Waals surface area contributed by atoms with Crippen molar-refractivity contribution in [1.82, 2.24) is 9.88 Å². The first-order valence-corrected chi connectivity index (χ1v) is 5.29. The van der Waals surface area contributed by atoms with Crippen molar-refractivity contribution < 1.29 is 9.90 Å². The van der Waals surface area contributed by atoms with Crippen LogP contribution in [0.25, 0.3) is 5.57 Å². The number of hydrogen-bond acceptors (Lipinski definition) is 2. The number of carboxylic acid groups (broad SMARTS) is 1. The maximum absolute atomic E-state index is 10.9. The van der Waals surface area contributed by atoms with E-state index in [9.17, 15) is 4.79 Å². The lowest BCUT2D eigenvalue weighted by molar-refractivity contribution is 0.136. The minimum atomic E-state index is -0.853. The Hall–Kier alpha value is -1.84. The Morgan fingerprint density at radius 3 is 3.00 bits per heavy atom. The monoisotopic (exact) mass is 218 g/mol. The fourth-order valence-corrected chi connectivity index (χ4v) is 1.97. The second-order valence-corrected chi connectivity index (χ2v) is 3.90. The van der Waals surface area contributed by atoms with E-state index in [4.69, 9.17) is 5.11 Å². The predicted molar refractivity (Wildman–Crippen MR) is 61.0 cm³/mol. The molecule has 0 spiro atoms. The molecule has 1 N–H and O–H groups in total. The average molecular weight is 218 g/mol. The molecule has 0 aliphatic carbocycles. The number of pyridine rings is 1. The van der Waals surface area contributed by atoms with E-state index in [1.54, 1.807) is 6.20 Å². The molecule has 0 aromatic carbocycles. The van der Waals surface area contributed by atoms with Crippen LogP contribution in [0.1, 0.15) is 18.9 Å². The van der Waals surface area contributed by atoms with Gasteiger partial charge in [-0.05, 0) is 30.5 Å². The molecule has 0 fully saturated rings. The summed E-state index contributed by atoms with van der Waals surface area (Å²) in [4.78, 5) is 16.4. The molecular formula is C12H14N2O2. The molecule has 16 heavy (non-hydrogen) atoms. The number of carbonyl (C=O) groups is 1. The van der Waals surface area contributed by atoms with E-state index in [1.807, 2.05) is 31.3 Å². The summed E-state index contributed by atoms with van der Waals surface area (Å²) in [5.74, 6) is 0. The van der Waals surface area contributed by atoms with Crippen molar-refractivity contribution >= 4 is 11.7 Å². The van der Waals surface area contributed by atoms with Crippen molar-refractivity contribution in [1.29, 1.82) is 0 Å². The minimum absolute atomic E-state index is 0.0681. The van der Waals surface area contributed by atoms with Crippen molar-refractivity contribution in [2.75, 3.05) is 6.54 Å². The third-order valence-corrected chi connectivity index (χ3v) is 2.83. The van der Waals surface area contributed by atoms with E-state index in [1.165, 1.54) is 10.5 Å². The van der Waals surface area contributed by atoms with Crippen molar-refractivity contribution in [3.05, 3.63) is 36.2 Å². The van der Waals surface area contributed by atoms with Gasteiger partial charge in [-0.15, -0.1) is 0 Å². The van der Waals surface area contributed by atoms with Crippen molar-refractivity contribution in [2.45, 2.75) is 19.4 Å². The summed E-state index contributed by atoms with van der Waals surface area (Å²) >= 11 is 0. The first kappa shape index (κ1) is 10.7. The van der Waals surface area contributed by atoms with Gasteiger partial charge in [0.25, 0.3) is 0 Å². The lowest BCUT2D eigenvalue weighted by atomic mass is 9.98. The third-order valence-electron chi connectivity index (χ3n) is 2.83. The predicted octanol–water partition coefficient (Wildman–Crippen LogP) is 2.24. The molecular weight excluding hydrogens is 204 g/mol. The summed E-state index contributed by atoms with van der Waals surface area (Å²) in [5.41, 5.74) is 2.26. The molecule has 1 aromatic rings. The van der Waals surface area contributed by atoms with Crippen LogP contribution in [0, 0.1) is 0 Å². The number of hydrogen-bond donors (Lipinski definition) is 1. The molecule has 0 radical (unpaired) electrons. The highest BCUT2D eigenvalue weighted by atomic mass is 16.4. The van der Waals surface area contributed by atoms with Crippen LogP contribution in [-0.2, 0) is 0 Å². The second kappa shape index (κ2) is 4.35. The smallest absolute Gasteiger partial charge is 0.407 e. The van der Waals surface area contributed by atoms with E-state index in [0.29, 0.717) is 6.54 Å². The molecule has 1 aliphatic heterocycles. The Morgan fingerprint density at radius 1 is 1.62 bits per heavy atom. The van der Waals surface area contributed by atoms with Crippen LogP contribution in [-0.4, -0.2) is 33.7 Å². The van der Waals surface area contributed by atoms with Crippen LogP contribution in [0.15, 0.2) is 30.6 Å². The SMILES string of the molecule is CC1C=C(c2cccnc2)CCN1C(=O)O. The van der Waals surface area contributed by atoms with Crippen LogP contribution in [0.4, 0.5) is 4.79 Å². The van der Waals surface area contributed by atoms with Gasteiger partial charge in [-0.1, -0.05) is 12.1 Å². The molecule has 84 valence electrons. The first-order chi connectivity index (χ1) is 7.68. The largest absolute Gasteiger partial charge is 0.465 e. The molecule has 1 aliphatic rings. The van der Waals surface area contributed by atoms with Crippen molar-refractivity contribution in [2.24, 2.45) is 0 Å². The first-order valence-electron chi connectivity index (χ1n) is 5.29. The molecule has 2 rings (SSSR count). The Labute approximate surface area is 94.2 Å². The molecule has 4 nitrogen and oxygen atoms in total. The van der Waals surface area contributed by atoms with Gasteiger partial charge in [-0.25, -0.2) is 4.79 Å². The number of rotatable bonds is 1. The lowest BCUT2D eigenvalue weighted by Gasteiger charge is -2.29. The van der Waals surface area contributed by atoms with Crippen LogP contribution in [0.3, 0.4) is 0 Å². The van der Waals surface area contributed by atoms with Crippen LogP contribution >= 0.6 is 0 Å². The molecule has 1 atom stereocenters. The van der Waals surface area contributed by atoms with Gasteiger partial charge < -0.3 is 10.0 Å². The highest BCUT2D eigenvalue weighted by Gasteiger charge is 2.22. The van der Waals surface area contributed by atoms with E-state index in [-0.39, 0.29) is 6.04 Å². The molecule has 2 heterocycles. The number of aromatic nitrogens is 1. The molecule has 0 saturated heterocycles. The maximum atomic E-state index is 10.9. The molecule has 0 bridgehead atoms. The van der Waals surface area contributed by atoms with Gasteiger partial charge in [-0.3, -0.25) is 4.98 Å². The van der Waals surface area contributed by atoms with Crippen molar-refractivity contribution in [3.8, 4) is 0 Å². The normalized spacial score (nSPS) is 20.4. The number of amides is 1. The van der Waals surface area contributed by atoms with E-state index >= 15 is 0 Å². The Kier molecular flexibility index (Phi) is 2.90. The zero-order valence-electron chi connectivity index (χ0n) is 9.13. The number of nitrogens with zero attached hydrogens (tertiary/aromatic N) is 2. The highest BCUT2D eigenvalue weighted by molar-refractivity contribution is 5.71. The molecule has 4 heteroatoms. The maximum Gasteiger partial charge on any atom is 0.407 e. The van der Waals surface area contributed by atoms with Crippen LogP contribution in [0.5, 0.6) is 0 Å². The van der Waals surface area contributed by atoms with E-state index in [0.717, 1.165) is 12.0 Å². The van der Waals surface area contributed by atoms with Crippen molar-refractivity contribution in [3.63, 3.8) is 0 Å². The summed E-state index contributed by atoms with van der Waals surface area (Å²) in [6.45, 7) is 2.45. The summed E-state index contributed by atoms with van der Waals surface area (Å²) < 4.78 is 0. The van der Waals surface area contributed by atoms with Gasteiger partial charge in [0.2, 0.25) is 0 Å². The molecule has 1 unspecified atom stereocenters. The minimum Gasteiger partial charge on any atom is -0.465 e. The lowest BCUT2D eigenvalue weighted by Crippen LogP contribution is -2.39. The summed E-state index contributed by atoms with van der Waals surface area (Å²) in [7, 11) is 0. The summed E-state index contributed by atoms with van der Waals surface area (Å²) in [6.07, 6.45) is 5.44. The van der Waals surface area contributed by atoms with E-state index in [2.05, 4.69) is 4.98 Å². The van der Waals surface area contributed by atoms with E-state index < -0.39 is 6.09 Å². The Bertz CT molecular complexity index is 414. The average Bonchev–Trinajstić information content (AvgIpc) is 2.29. The fourth-order valence-electron chi connectivity index (χ4n) is 1.97. The van der Waals surface area contributed by atoms with Crippen LogP contribution < -0.4 is 0 Å². The molecule has 1 amide bonds. The van der Waals surface area contributed by atoms with Gasteiger partial charge in [-0.2, -0.15) is 0 Å². The van der Waals surface area contributed by atoms with Gasteiger partial charge in [0, 0.05) is 18.9 Å². The zero-order chi connectivity index (χ0) is 11.5. The summed E-state index contributed by atoms with van der Waals surface area (Å²) in [5, 5.41) is 8.95. The zero-order valence-corrected chi connectivity index (χ0v) is 9.13. The second-order valence-electron chi connectivity index (χ2n) is 3.90. The van der Waals surface area contributed by atoms with Gasteiger partial charge in [0.05, 0.1) is 6.04 Å². The third kappa shape index (κ3) is 2.05. The highest BCUT2D eigenvalue weighted by Crippen LogP contribution is 2.24. The molecule has 1 aromatic heterocycles. The fraction of sp³-hybridized carbons (Fsp3) is 0.333. The standard InChI is InChI=1S/C12H14N2O2/c1-9-7-10(4-6-14(9)12(15)16)11-3-2-5-13-8-11/h2-3,5,7-9H,4,6H2,1H3,(H,15,16). The van der Waals surface area contributed by atoms with Crippen LogP contribution in [0.2, 0.25) is 0 Å². The Balaban J connectivity index is 2.21. The van der Waals surface area contributed by atoms with Gasteiger partial charge in [0.15, 0.2) is 0 Å². The topological polar surface area (TPSA) is 53.4 Å². The Morgan fingerprint density at radius 2 is 2.44 bits per heavy atom. The van der Waals surface area contributed by atoms with Gasteiger partial charge >= 0.3 is 6.09 Å².